The van der Waals surface area contributed by atoms with Crippen molar-refractivity contribution < 1.29 is 42.1 Å². The monoisotopic (exact) mass is 1080 g/mol. The first-order valence-corrected chi connectivity index (χ1v) is 31.8. The molecular weight excluding hydrogens is 966 g/mol. The van der Waals surface area contributed by atoms with Gasteiger partial charge in [-0.25, -0.2) is 4.57 Å². The highest BCUT2D eigenvalue weighted by atomic mass is 31.2. The number of hydrogen-bond donors (Lipinski definition) is 1. The van der Waals surface area contributed by atoms with Crippen LogP contribution in [0.1, 0.15) is 232 Å². The van der Waals surface area contributed by atoms with Crippen LogP contribution in [-0.2, 0) is 32.7 Å². The summed E-state index contributed by atoms with van der Waals surface area (Å²) in [4.78, 5) is 35.7. The highest BCUT2D eigenvalue weighted by Crippen LogP contribution is 2.43. The van der Waals surface area contributed by atoms with E-state index in [1.54, 1.807) is 0 Å². The lowest BCUT2D eigenvalue weighted by Crippen LogP contribution is -2.37. The van der Waals surface area contributed by atoms with Gasteiger partial charge >= 0.3 is 19.8 Å². The van der Waals surface area contributed by atoms with E-state index in [9.17, 15) is 19.0 Å². The zero-order chi connectivity index (χ0) is 55.6. The molecule has 10 heteroatoms. The highest BCUT2D eigenvalue weighted by molar-refractivity contribution is 7.47. The zero-order valence-corrected chi connectivity index (χ0v) is 50.1. The molecule has 0 aliphatic rings. The quantitative estimate of drug-likeness (QED) is 0.0211. The second-order valence-corrected chi connectivity index (χ2v) is 22.5. The van der Waals surface area contributed by atoms with E-state index in [0.717, 1.165) is 122 Å². The predicted octanol–water partition coefficient (Wildman–Crippen LogP) is 19.1. The van der Waals surface area contributed by atoms with E-state index in [4.69, 9.17) is 18.5 Å². The summed E-state index contributed by atoms with van der Waals surface area (Å²) in [5.41, 5.74) is 0. The average Bonchev–Trinajstić information content (AvgIpc) is 3.38. The summed E-state index contributed by atoms with van der Waals surface area (Å²) >= 11 is 0. The number of likely N-dealkylation sites (N-methyl/N-ethyl adjacent to an activating group) is 1. The standard InChI is InChI=1S/C66H112NO8P/c1-6-8-10-12-14-16-18-20-22-23-24-25-26-27-28-29-30-31-32-33-34-35-36-37-38-39-40-41-42-43-45-47-49-51-53-55-57-59-66(69)75-64(63-74-76(70,71)73-61-60-67(3,4)5)62-72-65(68)58-56-54-52-50-48-46-44-21-19-17-15-13-11-9-7-2/h8,10,14,16,20,22,24-25,27-28,30-31,33-34,36-37,39-40,42-43,64H,6-7,9,11-13,15,17-19,21,23,26,29,32,35,38,41,44-63H2,1-5H3/p+1/b10-8-,16-14-,22-20-,25-24-,28-27-,31-30-,34-33-,37-36-,40-39-,43-42-. The molecular formula is C66H113NO8P+. The van der Waals surface area contributed by atoms with Crippen molar-refractivity contribution in [3.8, 4) is 0 Å². The minimum absolute atomic E-state index is 0.0239. The van der Waals surface area contributed by atoms with Gasteiger partial charge in [0.15, 0.2) is 6.10 Å². The van der Waals surface area contributed by atoms with Gasteiger partial charge in [0.05, 0.1) is 27.7 Å². The van der Waals surface area contributed by atoms with E-state index in [2.05, 4.69) is 135 Å². The normalized spacial score (nSPS) is 14.1. The van der Waals surface area contributed by atoms with Crippen molar-refractivity contribution in [2.24, 2.45) is 0 Å². The van der Waals surface area contributed by atoms with Crippen LogP contribution in [0.3, 0.4) is 0 Å². The fourth-order valence-corrected chi connectivity index (χ4v) is 8.61. The number of allylic oxidation sites excluding steroid dienone is 20. The molecule has 0 spiro atoms. The summed E-state index contributed by atoms with van der Waals surface area (Å²) in [6.07, 6.45) is 79.9. The molecule has 0 saturated heterocycles. The Morgan fingerprint density at radius 3 is 1.12 bits per heavy atom. The molecule has 2 atom stereocenters. The van der Waals surface area contributed by atoms with E-state index in [1.807, 2.05) is 21.1 Å². The number of phosphoric acid groups is 1. The Kier molecular flexibility index (Phi) is 53.5. The van der Waals surface area contributed by atoms with Crippen LogP contribution in [0.4, 0.5) is 0 Å². The SMILES string of the molecule is CC/C=C\C/C=C\C/C=C\C/C=C\C/C=C\C/C=C\C/C=C\C/C=C\C/C=C\C/C=C\CCCCCCCCC(=O)OC(COC(=O)CCCCCCCCCCCCCCCCC)COP(=O)(O)OCC[N+](C)(C)C. The van der Waals surface area contributed by atoms with Gasteiger partial charge in [0.1, 0.15) is 19.8 Å². The Morgan fingerprint density at radius 1 is 0.421 bits per heavy atom. The molecule has 0 aliphatic carbocycles. The minimum Gasteiger partial charge on any atom is -0.462 e. The van der Waals surface area contributed by atoms with Gasteiger partial charge < -0.3 is 18.9 Å². The topological polar surface area (TPSA) is 108 Å². The minimum atomic E-state index is -4.39. The van der Waals surface area contributed by atoms with E-state index < -0.39 is 26.5 Å². The van der Waals surface area contributed by atoms with E-state index >= 15 is 0 Å². The Labute approximate surface area is 467 Å². The number of phosphoric ester groups is 1. The van der Waals surface area contributed by atoms with Crippen LogP contribution in [0.25, 0.3) is 0 Å². The molecule has 434 valence electrons. The molecule has 1 N–H and O–H groups in total. The number of hydrogen-bond acceptors (Lipinski definition) is 7. The van der Waals surface area contributed by atoms with Crippen LogP contribution in [0.15, 0.2) is 122 Å². The summed E-state index contributed by atoms with van der Waals surface area (Å²) in [6.45, 7) is 4.30. The largest absolute Gasteiger partial charge is 0.472 e. The van der Waals surface area contributed by atoms with Gasteiger partial charge in [-0.3, -0.25) is 18.6 Å². The zero-order valence-electron chi connectivity index (χ0n) is 49.2. The number of esters is 2. The van der Waals surface area contributed by atoms with Crippen LogP contribution in [0.5, 0.6) is 0 Å². The molecule has 0 amide bonds. The summed E-state index contributed by atoms with van der Waals surface area (Å²) in [5, 5.41) is 0. The molecule has 0 saturated carbocycles. The van der Waals surface area contributed by atoms with Crippen molar-refractivity contribution in [1.82, 2.24) is 0 Å². The second kappa shape index (κ2) is 56.1. The fraction of sp³-hybridized carbons (Fsp3) is 0.667. The molecule has 0 bridgehead atoms. The van der Waals surface area contributed by atoms with Crippen LogP contribution in [0.2, 0.25) is 0 Å². The predicted molar refractivity (Wildman–Crippen MR) is 325 cm³/mol. The van der Waals surface area contributed by atoms with Crippen molar-refractivity contribution in [1.29, 1.82) is 0 Å². The van der Waals surface area contributed by atoms with Crippen molar-refractivity contribution in [2.45, 2.75) is 238 Å². The molecule has 9 nitrogen and oxygen atoms in total. The first-order chi connectivity index (χ1) is 37.0. The van der Waals surface area contributed by atoms with Gasteiger partial charge in [-0.2, -0.15) is 0 Å². The third-order valence-electron chi connectivity index (χ3n) is 12.5. The maximum absolute atomic E-state index is 12.8. The maximum atomic E-state index is 12.8. The average molecular weight is 1080 g/mol. The van der Waals surface area contributed by atoms with Gasteiger partial charge in [0.25, 0.3) is 0 Å². The molecule has 0 fully saturated rings. The van der Waals surface area contributed by atoms with Gasteiger partial charge in [-0.1, -0.05) is 251 Å². The molecule has 0 heterocycles. The Morgan fingerprint density at radius 2 is 0.750 bits per heavy atom. The van der Waals surface area contributed by atoms with Crippen LogP contribution in [0, 0.1) is 0 Å². The molecule has 0 radical (unpaired) electrons. The Balaban J connectivity index is 4.17. The summed E-state index contributed by atoms with van der Waals surface area (Å²) in [7, 11) is 1.46. The van der Waals surface area contributed by atoms with Crippen molar-refractivity contribution in [3.63, 3.8) is 0 Å². The number of ether oxygens (including phenoxy) is 2. The van der Waals surface area contributed by atoms with Crippen molar-refractivity contribution >= 4 is 19.8 Å². The van der Waals surface area contributed by atoms with Crippen molar-refractivity contribution in [2.75, 3.05) is 47.5 Å². The highest BCUT2D eigenvalue weighted by Gasteiger charge is 2.27. The molecule has 0 aromatic carbocycles. The van der Waals surface area contributed by atoms with Crippen LogP contribution < -0.4 is 0 Å². The number of unbranched alkanes of at least 4 members (excludes halogenated alkanes) is 20. The molecule has 0 aromatic heterocycles. The fourth-order valence-electron chi connectivity index (χ4n) is 7.87. The van der Waals surface area contributed by atoms with Crippen LogP contribution >= 0.6 is 7.82 Å². The summed E-state index contributed by atoms with van der Waals surface area (Å²) in [5.74, 6) is -0.817. The molecule has 0 aliphatic heterocycles. The van der Waals surface area contributed by atoms with E-state index in [1.165, 1.54) is 77.0 Å². The van der Waals surface area contributed by atoms with Gasteiger partial charge in [0.2, 0.25) is 0 Å². The first kappa shape index (κ1) is 72.4. The lowest BCUT2D eigenvalue weighted by atomic mass is 10.0. The van der Waals surface area contributed by atoms with Crippen molar-refractivity contribution in [3.05, 3.63) is 122 Å². The lowest BCUT2D eigenvalue weighted by molar-refractivity contribution is -0.870. The molecule has 76 heavy (non-hydrogen) atoms. The molecule has 2 unspecified atom stereocenters. The number of rotatable bonds is 54. The molecule has 0 aromatic rings. The van der Waals surface area contributed by atoms with E-state index in [-0.39, 0.29) is 32.0 Å². The second-order valence-electron chi connectivity index (χ2n) is 21.0. The van der Waals surface area contributed by atoms with Gasteiger partial charge in [-0.05, 0) is 89.9 Å². The Bertz CT molecular complexity index is 1700. The number of carbonyl (C=O) groups excluding carboxylic acids is 2. The third kappa shape index (κ3) is 59.7. The smallest absolute Gasteiger partial charge is 0.462 e. The first-order valence-electron chi connectivity index (χ1n) is 30.3. The van der Waals surface area contributed by atoms with Crippen LogP contribution in [-0.4, -0.2) is 74.9 Å². The molecule has 0 rings (SSSR count). The van der Waals surface area contributed by atoms with Gasteiger partial charge in [-0.15, -0.1) is 0 Å². The third-order valence-corrected chi connectivity index (χ3v) is 13.5. The lowest BCUT2D eigenvalue weighted by Gasteiger charge is -2.24. The van der Waals surface area contributed by atoms with Gasteiger partial charge in [0, 0.05) is 12.8 Å². The number of carbonyl (C=O) groups is 2. The Hall–Kier alpha value is -3.59. The summed E-state index contributed by atoms with van der Waals surface area (Å²) < 4.78 is 34.5. The summed E-state index contributed by atoms with van der Waals surface area (Å²) in [6, 6.07) is 0. The number of quaternary nitrogens is 1. The maximum Gasteiger partial charge on any atom is 0.472 e. The number of nitrogens with zero attached hydrogens (tertiary/aromatic N) is 1. The van der Waals surface area contributed by atoms with E-state index in [0.29, 0.717) is 17.4 Å².